The number of ether oxygens (including phenoxy) is 1. The van der Waals surface area contributed by atoms with Gasteiger partial charge in [-0.15, -0.1) is 13.2 Å². The molecule has 1 aromatic carbocycles. The van der Waals surface area contributed by atoms with Gasteiger partial charge in [-0.05, 0) is 30.0 Å². The first kappa shape index (κ1) is 32.0. The number of hydrogen-bond donors (Lipinski definition) is 0. The second-order valence-electron chi connectivity index (χ2n) is 8.22. The summed E-state index contributed by atoms with van der Waals surface area (Å²) in [6.07, 6.45) is -8.82. The van der Waals surface area contributed by atoms with E-state index < -0.39 is 115 Å². The van der Waals surface area contributed by atoms with Crippen molar-refractivity contribution < 1.29 is 61.1 Å². The maximum Gasteiger partial charge on any atom is 0.573 e. The van der Waals surface area contributed by atoms with Crippen LogP contribution in [0.1, 0.15) is 18.1 Å². The summed E-state index contributed by atoms with van der Waals surface area (Å²) in [6, 6.07) is 2.10. The third-order valence-corrected chi connectivity index (χ3v) is 9.21. The van der Waals surface area contributed by atoms with E-state index >= 15 is 0 Å². The number of nitrogens with zero attached hydrogens (tertiary/aromatic N) is 4. The first-order valence-electron chi connectivity index (χ1n) is 10.3. The zero-order chi connectivity index (χ0) is 32.4. The molecule has 0 N–H and O–H groups in total. The highest BCUT2D eigenvalue weighted by atomic mass is 32.2. The van der Waals surface area contributed by atoms with Gasteiger partial charge in [-0.1, -0.05) is 0 Å². The largest absolute Gasteiger partial charge is 0.573 e. The SMILES string of the molecule is [C-]#[N+]C([N+]#[C-])=C1Cc2c(S(=O)(=O)C(F)(F)F)c3c(c(S(=O)(=O)C(F)(F)F)c2=C1C)CC(=C(C#N)C#N)C=3OC(F)(F)F. The van der Waals surface area contributed by atoms with Crippen LogP contribution >= 0.6 is 0 Å². The summed E-state index contributed by atoms with van der Waals surface area (Å²) in [5.41, 5.74) is -19.8. The van der Waals surface area contributed by atoms with E-state index in [9.17, 15) is 66.9 Å². The number of sulfone groups is 2. The quantitative estimate of drug-likeness (QED) is 0.280. The zero-order valence-electron chi connectivity index (χ0n) is 20.0. The van der Waals surface area contributed by atoms with E-state index in [4.69, 9.17) is 13.1 Å². The first-order chi connectivity index (χ1) is 19.0. The maximum absolute atomic E-state index is 13.9. The predicted octanol–water partition coefficient (Wildman–Crippen LogP) is 3.59. The second kappa shape index (κ2) is 9.79. The lowest BCUT2D eigenvalue weighted by Gasteiger charge is -2.18. The van der Waals surface area contributed by atoms with Gasteiger partial charge in [0.1, 0.15) is 36.6 Å². The molecule has 2 aliphatic rings. The Morgan fingerprint density at radius 1 is 0.786 bits per heavy atom. The summed E-state index contributed by atoms with van der Waals surface area (Å²) in [6.45, 7) is 14.9. The van der Waals surface area contributed by atoms with Gasteiger partial charge in [-0.2, -0.15) is 46.6 Å². The number of allylic oxidation sites excluding steroid dienone is 2. The monoisotopic (exact) mass is 642 g/mol. The summed E-state index contributed by atoms with van der Waals surface area (Å²) in [4.78, 5) is 1.36. The molecule has 0 spiro atoms. The van der Waals surface area contributed by atoms with Crippen LogP contribution < -0.4 is 10.4 Å². The second-order valence-corrected chi connectivity index (χ2v) is 12.0. The molecule has 0 fully saturated rings. The molecule has 0 aromatic heterocycles. The summed E-state index contributed by atoms with van der Waals surface area (Å²) in [5.74, 6) is -3.03. The normalized spacial score (nSPS) is 15.3. The van der Waals surface area contributed by atoms with Crippen molar-refractivity contribution >= 4 is 31.0 Å². The van der Waals surface area contributed by atoms with Crippen molar-refractivity contribution in [2.45, 2.75) is 46.9 Å². The summed E-state index contributed by atoms with van der Waals surface area (Å²) >= 11 is 0. The molecule has 2 aliphatic carbocycles. The zero-order valence-corrected chi connectivity index (χ0v) is 21.6. The van der Waals surface area contributed by atoms with Crippen LogP contribution in [0.4, 0.5) is 39.5 Å². The van der Waals surface area contributed by atoms with Gasteiger partial charge < -0.3 is 4.74 Å². The van der Waals surface area contributed by atoms with Crippen LogP contribution in [0.2, 0.25) is 0 Å². The maximum atomic E-state index is 13.9. The lowest BCUT2D eigenvalue weighted by Crippen LogP contribution is -2.39. The average molecular weight is 642 g/mol. The Hall–Kier alpha value is -4.53. The van der Waals surface area contributed by atoms with E-state index in [1.807, 2.05) is 0 Å². The van der Waals surface area contributed by atoms with Crippen molar-refractivity contribution in [3.8, 4) is 12.1 Å². The van der Waals surface area contributed by atoms with E-state index in [-0.39, 0.29) is 0 Å². The lowest BCUT2D eigenvalue weighted by atomic mass is 10.0. The highest BCUT2D eigenvalue weighted by Crippen LogP contribution is 2.42. The van der Waals surface area contributed by atoms with Crippen LogP contribution in [0, 0.1) is 35.8 Å². The Labute approximate surface area is 228 Å². The number of nitriles is 2. The highest BCUT2D eigenvalue weighted by Gasteiger charge is 2.55. The van der Waals surface area contributed by atoms with E-state index in [1.165, 1.54) is 0 Å². The van der Waals surface area contributed by atoms with Gasteiger partial charge in [-0.3, -0.25) is 0 Å². The molecule has 0 amide bonds. The smallest absolute Gasteiger partial charge is 0.405 e. The molecule has 3 rings (SSSR count). The van der Waals surface area contributed by atoms with Crippen molar-refractivity contribution in [1.82, 2.24) is 0 Å². The molecule has 0 bridgehead atoms. The molecule has 220 valence electrons. The van der Waals surface area contributed by atoms with E-state index in [1.54, 1.807) is 0 Å². The fraction of sp³-hybridized carbons (Fsp3) is 0.273. The molecule has 20 heteroatoms. The van der Waals surface area contributed by atoms with Crippen molar-refractivity contribution in [3.63, 3.8) is 0 Å². The van der Waals surface area contributed by atoms with Crippen LogP contribution in [-0.2, 0) is 37.3 Å². The van der Waals surface area contributed by atoms with Crippen LogP contribution in [0.5, 0.6) is 0 Å². The summed E-state index contributed by atoms with van der Waals surface area (Å²) in [7, 11) is -13.6. The summed E-state index contributed by atoms with van der Waals surface area (Å²) in [5, 5.41) is 15.2. The molecule has 0 unspecified atom stereocenters. The first-order valence-corrected chi connectivity index (χ1v) is 13.3. The van der Waals surface area contributed by atoms with E-state index in [0.29, 0.717) is 0 Å². The molecule has 1 aromatic rings. The van der Waals surface area contributed by atoms with Crippen LogP contribution in [0.15, 0.2) is 32.3 Å². The Balaban J connectivity index is 2.99. The van der Waals surface area contributed by atoms with Gasteiger partial charge in [0.05, 0.1) is 15.4 Å². The summed E-state index contributed by atoms with van der Waals surface area (Å²) < 4.78 is 179. The predicted molar refractivity (Wildman–Crippen MR) is 118 cm³/mol. The van der Waals surface area contributed by atoms with Crippen molar-refractivity contribution in [3.05, 3.63) is 66.9 Å². The topological polar surface area (TPSA) is 134 Å². The average Bonchev–Trinajstić information content (AvgIpc) is 3.34. The molecule has 42 heavy (non-hydrogen) atoms. The number of halogens is 9. The van der Waals surface area contributed by atoms with Crippen molar-refractivity contribution in [1.29, 1.82) is 10.5 Å². The molecule has 9 nitrogen and oxygen atoms in total. The van der Waals surface area contributed by atoms with E-state index in [2.05, 4.69) is 14.4 Å². The van der Waals surface area contributed by atoms with Gasteiger partial charge in [0, 0.05) is 22.4 Å². The number of alkyl halides is 9. The van der Waals surface area contributed by atoms with Gasteiger partial charge >= 0.3 is 23.2 Å². The molecule has 0 heterocycles. The molecule has 0 saturated carbocycles. The van der Waals surface area contributed by atoms with Gasteiger partial charge in [0.25, 0.3) is 19.7 Å². The minimum absolute atomic E-state index is 0.695. The molecule has 0 saturated heterocycles. The fourth-order valence-corrected chi connectivity index (χ4v) is 6.96. The Morgan fingerprint density at radius 3 is 1.57 bits per heavy atom. The molecule has 0 radical (unpaired) electrons. The minimum Gasteiger partial charge on any atom is -0.405 e. The highest BCUT2D eigenvalue weighted by molar-refractivity contribution is 7.92. The Kier molecular flexibility index (Phi) is 7.45. The molecular formula is C22H7F9N4O5S2. The van der Waals surface area contributed by atoms with Crippen molar-refractivity contribution in [2.75, 3.05) is 0 Å². The Bertz CT molecular complexity index is 2010. The number of rotatable bonds is 3. The lowest BCUT2D eigenvalue weighted by molar-refractivity contribution is -0.290. The minimum atomic E-state index is -6.89. The van der Waals surface area contributed by atoms with E-state index in [0.717, 1.165) is 19.1 Å². The van der Waals surface area contributed by atoms with Crippen molar-refractivity contribution in [2.24, 2.45) is 0 Å². The molecular weight excluding hydrogens is 635 g/mol. The molecule has 0 atom stereocenters. The molecule has 0 aliphatic heterocycles. The third-order valence-electron chi connectivity index (χ3n) is 6.01. The van der Waals surface area contributed by atoms with Gasteiger partial charge in [0.2, 0.25) is 0 Å². The number of fused-ring (bicyclic) bond motifs is 2. The number of hydrogen-bond acceptors (Lipinski definition) is 7. The Morgan fingerprint density at radius 2 is 1.19 bits per heavy atom. The fourth-order valence-electron chi connectivity index (χ4n) is 4.47. The van der Waals surface area contributed by atoms with Crippen LogP contribution in [0.3, 0.4) is 0 Å². The number of benzene rings is 1. The van der Waals surface area contributed by atoms with Crippen LogP contribution in [0.25, 0.3) is 21.0 Å². The van der Waals surface area contributed by atoms with Gasteiger partial charge in [0.15, 0.2) is 0 Å². The standard InChI is InChI=1S/C22H7F9N4O5S2/c1-8-10(19(34-2)35-3)4-12-14(8)17(41(36,37)21(26,27)28)13-5-11(9(6-32)7-33)16(40-20(23,24)25)15(13)18(12)42(38,39)22(29,30)31/h4-5H2,1H3. The van der Waals surface area contributed by atoms with Gasteiger partial charge in [-0.25, -0.2) is 16.8 Å². The third kappa shape index (κ3) is 4.72. The van der Waals surface area contributed by atoms with Crippen LogP contribution in [-0.4, -0.2) is 34.2 Å².